The van der Waals surface area contributed by atoms with Crippen LogP contribution in [-0.2, 0) is 4.74 Å². The molecule has 2 aliphatic heterocycles. The number of nitrogens with zero attached hydrogens (tertiary/aromatic N) is 1. The predicted octanol–water partition coefficient (Wildman–Crippen LogP) is 4.96. The SMILES string of the molecule is COCCN1C2CCC1(C(CC(=O)c1c(F)cccc1F)c1ccccc1)CC2. The molecule has 2 heterocycles. The van der Waals surface area contributed by atoms with Crippen molar-refractivity contribution in [3.8, 4) is 0 Å². The van der Waals surface area contributed by atoms with Gasteiger partial charge in [0.05, 0.1) is 12.2 Å². The Balaban J connectivity index is 1.71. The molecule has 4 rings (SSSR count). The summed E-state index contributed by atoms with van der Waals surface area (Å²) in [6.07, 6.45) is 4.27. The molecule has 0 N–H and O–H groups in total. The molecule has 2 saturated heterocycles. The van der Waals surface area contributed by atoms with Crippen LogP contribution in [0.15, 0.2) is 48.5 Å². The van der Waals surface area contributed by atoms with E-state index in [-0.39, 0.29) is 17.9 Å². The fraction of sp³-hybridized carbons (Fsp3) is 0.458. The maximum absolute atomic E-state index is 14.3. The van der Waals surface area contributed by atoms with Gasteiger partial charge in [0.15, 0.2) is 5.78 Å². The van der Waals surface area contributed by atoms with Crippen LogP contribution in [-0.4, -0.2) is 42.5 Å². The summed E-state index contributed by atoms with van der Waals surface area (Å²) in [4.78, 5) is 15.6. The van der Waals surface area contributed by atoms with Crippen LogP contribution in [0.5, 0.6) is 0 Å². The van der Waals surface area contributed by atoms with E-state index in [1.165, 1.54) is 6.07 Å². The van der Waals surface area contributed by atoms with Crippen molar-refractivity contribution in [1.29, 1.82) is 0 Å². The number of methoxy groups -OCH3 is 1. The van der Waals surface area contributed by atoms with Gasteiger partial charge in [0.25, 0.3) is 0 Å². The van der Waals surface area contributed by atoms with Crippen LogP contribution in [0.3, 0.4) is 0 Å². The largest absolute Gasteiger partial charge is 0.383 e. The lowest BCUT2D eigenvalue weighted by Gasteiger charge is -2.42. The van der Waals surface area contributed by atoms with Gasteiger partial charge in [0.2, 0.25) is 0 Å². The molecule has 0 aromatic heterocycles. The molecule has 1 atom stereocenters. The molecule has 2 fully saturated rings. The first-order valence-electron chi connectivity index (χ1n) is 10.3. The monoisotopic (exact) mass is 399 g/mol. The van der Waals surface area contributed by atoms with Gasteiger partial charge < -0.3 is 4.74 Å². The highest BCUT2D eigenvalue weighted by Crippen LogP contribution is 2.54. The minimum atomic E-state index is -0.786. The fourth-order valence-electron chi connectivity index (χ4n) is 5.56. The van der Waals surface area contributed by atoms with Crippen molar-refractivity contribution in [2.75, 3.05) is 20.3 Å². The second kappa shape index (κ2) is 8.33. The average molecular weight is 399 g/mol. The third-order valence-corrected chi connectivity index (χ3v) is 6.85. The van der Waals surface area contributed by atoms with Crippen molar-refractivity contribution in [1.82, 2.24) is 4.90 Å². The van der Waals surface area contributed by atoms with E-state index in [1.807, 2.05) is 30.3 Å². The fourth-order valence-corrected chi connectivity index (χ4v) is 5.56. The number of carbonyl (C=O) groups excluding carboxylic acids is 1. The highest BCUT2D eigenvalue weighted by molar-refractivity contribution is 5.97. The summed E-state index contributed by atoms with van der Waals surface area (Å²) in [5.41, 5.74) is 0.477. The summed E-state index contributed by atoms with van der Waals surface area (Å²) in [6, 6.07) is 14.0. The topological polar surface area (TPSA) is 29.5 Å². The number of Topliss-reactive ketones (excluding diaryl/α,β-unsaturated/α-hetero) is 1. The second-order valence-corrected chi connectivity index (χ2v) is 8.21. The van der Waals surface area contributed by atoms with Crippen LogP contribution < -0.4 is 0 Å². The van der Waals surface area contributed by atoms with E-state index in [2.05, 4.69) is 4.90 Å². The van der Waals surface area contributed by atoms with Crippen LogP contribution >= 0.6 is 0 Å². The van der Waals surface area contributed by atoms with E-state index in [0.29, 0.717) is 12.6 Å². The molecule has 0 radical (unpaired) electrons. The smallest absolute Gasteiger partial charge is 0.169 e. The van der Waals surface area contributed by atoms with E-state index in [1.54, 1.807) is 7.11 Å². The molecule has 3 nitrogen and oxygen atoms in total. The highest BCUT2D eigenvalue weighted by Gasteiger charge is 2.55. The minimum Gasteiger partial charge on any atom is -0.383 e. The number of ketones is 1. The maximum atomic E-state index is 14.3. The van der Waals surface area contributed by atoms with Crippen molar-refractivity contribution >= 4 is 5.78 Å². The molecule has 2 bridgehead atoms. The number of ether oxygens (including phenoxy) is 1. The summed E-state index contributed by atoms with van der Waals surface area (Å²) in [7, 11) is 1.70. The Labute approximate surface area is 170 Å². The average Bonchev–Trinajstić information content (AvgIpc) is 3.26. The van der Waals surface area contributed by atoms with Gasteiger partial charge in [0.1, 0.15) is 11.6 Å². The molecule has 2 aromatic rings. The molecule has 0 spiro atoms. The number of hydrogen-bond donors (Lipinski definition) is 0. The molecular formula is C24H27F2NO2. The Kier molecular flexibility index (Phi) is 5.79. The molecule has 5 heteroatoms. The lowest BCUT2D eigenvalue weighted by molar-refractivity contribution is 0.0713. The number of halogens is 2. The van der Waals surface area contributed by atoms with E-state index in [9.17, 15) is 13.6 Å². The molecule has 0 amide bonds. The van der Waals surface area contributed by atoms with E-state index >= 15 is 0 Å². The van der Waals surface area contributed by atoms with Crippen LogP contribution in [0.1, 0.15) is 53.9 Å². The number of carbonyl (C=O) groups is 1. The second-order valence-electron chi connectivity index (χ2n) is 8.21. The van der Waals surface area contributed by atoms with Gasteiger partial charge >= 0.3 is 0 Å². The highest BCUT2D eigenvalue weighted by atomic mass is 19.1. The van der Waals surface area contributed by atoms with Gasteiger partial charge in [0, 0.05) is 37.6 Å². The van der Waals surface area contributed by atoms with Gasteiger partial charge in [-0.1, -0.05) is 36.4 Å². The van der Waals surface area contributed by atoms with Crippen molar-refractivity contribution in [3.63, 3.8) is 0 Å². The predicted molar refractivity (Wildman–Crippen MR) is 108 cm³/mol. The lowest BCUT2D eigenvalue weighted by atomic mass is 9.71. The standard InChI is InChI=1S/C24H27F2NO2/c1-29-15-14-27-18-10-12-24(27,13-11-18)19(17-6-3-2-4-7-17)16-22(28)23-20(25)8-5-9-21(23)26/h2-9,18-19H,10-16H2,1H3. The number of hydrogen-bond acceptors (Lipinski definition) is 3. The van der Waals surface area contributed by atoms with Gasteiger partial charge in [-0.2, -0.15) is 0 Å². The van der Waals surface area contributed by atoms with Gasteiger partial charge in [-0.05, 0) is 43.4 Å². The Bertz CT molecular complexity index is 842. The quantitative estimate of drug-likeness (QED) is 0.588. The minimum absolute atomic E-state index is 0.0953. The third-order valence-electron chi connectivity index (χ3n) is 6.85. The molecule has 2 aliphatic rings. The van der Waals surface area contributed by atoms with E-state index < -0.39 is 23.0 Å². The van der Waals surface area contributed by atoms with Crippen molar-refractivity contribution in [2.45, 2.75) is 49.6 Å². The number of rotatable bonds is 8. The Morgan fingerprint density at radius 3 is 2.38 bits per heavy atom. The Morgan fingerprint density at radius 1 is 1.10 bits per heavy atom. The lowest BCUT2D eigenvalue weighted by Crippen LogP contribution is -2.48. The third kappa shape index (κ3) is 3.62. The summed E-state index contributed by atoms with van der Waals surface area (Å²) in [5, 5.41) is 0. The summed E-state index contributed by atoms with van der Waals surface area (Å²) in [5.74, 6) is -2.15. The Morgan fingerprint density at radius 2 is 1.76 bits per heavy atom. The molecule has 0 aliphatic carbocycles. The first kappa shape index (κ1) is 20.2. The van der Waals surface area contributed by atoms with Crippen LogP contribution in [0.4, 0.5) is 8.78 Å². The zero-order valence-electron chi connectivity index (χ0n) is 16.7. The first-order chi connectivity index (χ1) is 14.1. The van der Waals surface area contributed by atoms with Crippen LogP contribution in [0, 0.1) is 11.6 Å². The molecule has 154 valence electrons. The Hall–Kier alpha value is -2.11. The maximum Gasteiger partial charge on any atom is 0.169 e. The molecule has 2 aromatic carbocycles. The van der Waals surface area contributed by atoms with Crippen molar-refractivity contribution < 1.29 is 18.3 Å². The zero-order chi connectivity index (χ0) is 20.4. The summed E-state index contributed by atoms with van der Waals surface area (Å²) < 4.78 is 33.9. The first-order valence-corrected chi connectivity index (χ1v) is 10.3. The zero-order valence-corrected chi connectivity index (χ0v) is 16.7. The summed E-state index contributed by atoms with van der Waals surface area (Å²) in [6.45, 7) is 1.45. The normalized spacial score (nSPS) is 24.7. The van der Waals surface area contributed by atoms with Crippen LogP contribution in [0.2, 0.25) is 0 Å². The van der Waals surface area contributed by atoms with Crippen LogP contribution in [0.25, 0.3) is 0 Å². The molecule has 0 saturated carbocycles. The van der Waals surface area contributed by atoms with Gasteiger partial charge in [-0.25, -0.2) is 8.78 Å². The van der Waals surface area contributed by atoms with Gasteiger partial charge in [-0.15, -0.1) is 0 Å². The van der Waals surface area contributed by atoms with E-state index in [4.69, 9.17) is 4.74 Å². The number of benzene rings is 2. The molecule has 1 unspecified atom stereocenters. The molecule has 29 heavy (non-hydrogen) atoms. The summed E-state index contributed by atoms with van der Waals surface area (Å²) >= 11 is 0. The van der Waals surface area contributed by atoms with Crippen molar-refractivity contribution in [3.05, 3.63) is 71.3 Å². The van der Waals surface area contributed by atoms with Crippen molar-refractivity contribution in [2.24, 2.45) is 0 Å². The number of fused-ring (bicyclic) bond motifs is 2. The molecular weight excluding hydrogens is 372 g/mol. The van der Waals surface area contributed by atoms with E-state index in [0.717, 1.165) is 49.9 Å². The van der Waals surface area contributed by atoms with Gasteiger partial charge in [-0.3, -0.25) is 9.69 Å².